The van der Waals surface area contributed by atoms with Crippen molar-refractivity contribution in [3.8, 4) is 11.1 Å². The van der Waals surface area contributed by atoms with Gasteiger partial charge in [0.1, 0.15) is 0 Å². The molecule has 0 aliphatic heterocycles. The summed E-state index contributed by atoms with van der Waals surface area (Å²) in [4.78, 5) is 0. The highest BCUT2D eigenvalue weighted by molar-refractivity contribution is 5.83. The molecule has 4 aliphatic carbocycles. The van der Waals surface area contributed by atoms with Crippen molar-refractivity contribution in [3.63, 3.8) is 0 Å². The van der Waals surface area contributed by atoms with Crippen LogP contribution in [0.1, 0.15) is 134 Å². The number of fused-ring (bicyclic) bond motifs is 5. The van der Waals surface area contributed by atoms with Gasteiger partial charge in [-0.1, -0.05) is 118 Å². The van der Waals surface area contributed by atoms with Gasteiger partial charge in [-0.05, 0) is 97.3 Å². The fourth-order valence-corrected chi connectivity index (χ4v) is 8.29. The molecule has 0 heterocycles. The molecule has 0 bridgehead atoms. The lowest BCUT2D eigenvalue weighted by Gasteiger charge is -2.43. The minimum Gasteiger partial charge on any atom is -0.0771 e. The molecule has 0 atom stereocenters. The van der Waals surface area contributed by atoms with Gasteiger partial charge in [-0.15, -0.1) is 0 Å². The summed E-state index contributed by atoms with van der Waals surface area (Å²) in [7, 11) is 0. The lowest BCUT2D eigenvalue weighted by Crippen LogP contribution is -2.35. The number of hydrogen-bond donors (Lipinski definition) is 0. The van der Waals surface area contributed by atoms with Gasteiger partial charge >= 0.3 is 0 Å². The Balaban J connectivity index is 1.68. The molecule has 0 radical (unpaired) electrons. The van der Waals surface area contributed by atoms with E-state index in [1.165, 1.54) is 36.8 Å². The number of rotatable bonds is 2. The second kappa shape index (κ2) is 7.52. The van der Waals surface area contributed by atoms with Crippen LogP contribution in [0.25, 0.3) is 11.1 Å². The monoisotopic (exact) mass is 492 g/mol. The highest BCUT2D eigenvalue weighted by atomic mass is 14.5. The molecule has 0 spiro atoms. The van der Waals surface area contributed by atoms with E-state index < -0.39 is 0 Å². The van der Waals surface area contributed by atoms with Gasteiger partial charge in [0.2, 0.25) is 0 Å². The molecular formula is C37H48. The minimum atomic E-state index is 0.0919. The summed E-state index contributed by atoms with van der Waals surface area (Å²) in [5, 5.41) is 0. The zero-order chi connectivity index (χ0) is 26.8. The van der Waals surface area contributed by atoms with Crippen LogP contribution < -0.4 is 0 Å². The molecular weight excluding hydrogens is 444 g/mol. The smallest absolute Gasteiger partial charge is 0.0162 e. The highest BCUT2D eigenvalue weighted by Crippen LogP contribution is 2.61. The van der Waals surface area contributed by atoms with Crippen molar-refractivity contribution >= 4 is 0 Å². The van der Waals surface area contributed by atoms with Gasteiger partial charge in [0.25, 0.3) is 0 Å². The van der Waals surface area contributed by atoms with Crippen molar-refractivity contribution in [1.29, 1.82) is 0 Å². The Morgan fingerprint density at radius 2 is 0.865 bits per heavy atom. The van der Waals surface area contributed by atoms with E-state index >= 15 is 0 Å². The Kier molecular flexibility index (Phi) is 5.12. The number of benzene rings is 2. The first-order valence-electron chi connectivity index (χ1n) is 14.8. The Morgan fingerprint density at radius 3 is 1.22 bits per heavy atom. The Bertz CT molecular complexity index is 1250. The Labute approximate surface area is 226 Å². The first kappa shape index (κ1) is 25.2. The van der Waals surface area contributed by atoms with Crippen LogP contribution in [-0.2, 0) is 21.7 Å². The summed E-state index contributed by atoms with van der Waals surface area (Å²) in [6.07, 6.45) is 14.4. The van der Waals surface area contributed by atoms with Crippen LogP contribution in [0.4, 0.5) is 0 Å². The average molecular weight is 493 g/mol. The molecule has 37 heavy (non-hydrogen) atoms. The van der Waals surface area contributed by atoms with Crippen molar-refractivity contribution in [2.24, 2.45) is 11.3 Å². The molecule has 196 valence electrons. The molecule has 4 aliphatic rings. The van der Waals surface area contributed by atoms with Crippen molar-refractivity contribution in [1.82, 2.24) is 0 Å². The van der Waals surface area contributed by atoms with E-state index in [-0.39, 0.29) is 27.1 Å². The Morgan fingerprint density at radius 1 is 0.541 bits per heavy atom. The van der Waals surface area contributed by atoms with E-state index in [4.69, 9.17) is 0 Å². The van der Waals surface area contributed by atoms with Crippen LogP contribution >= 0.6 is 0 Å². The van der Waals surface area contributed by atoms with Crippen molar-refractivity contribution < 1.29 is 0 Å². The molecule has 6 rings (SSSR count). The SMILES string of the molecule is CC1(C)CCC(C)(C)c2cc3c(cc21)-c1cc2c(cc1C3C(C)(C)C1C=CC=C1)C(C)(C)CCC2(C)C. The maximum atomic E-state index is 2.68. The van der Waals surface area contributed by atoms with Gasteiger partial charge in [-0.2, -0.15) is 0 Å². The molecule has 2 aromatic rings. The van der Waals surface area contributed by atoms with Gasteiger partial charge in [0.15, 0.2) is 0 Å². The van der Waals surface area contributed by atoms with E-state index in [1.807, 2.05) is 0 Å². The summed E-state index contributed by atoms with van der Waals surface area (Å²) < 4.78 is 0. The molecule has 0 saturated heterocycles. The summed E-state index contributed by atoms with van der Waals surface area (Å²) in [5.74, 6) is 0.851. The third kappa shape index (κ3) is 3.53. The van der Waals surface area contributed by atoms with Gasteiger partial charge in [0.05, 0.1) is 0 Å². The molecule has 0 nitrogen and oxygen atoms in total. The maximum absolute atomic E-state index is 2.68. The predicted molar refractivity (Wildman–Crippen MR) is 160 cm³/mol. The lowest BCUT2D eigenvalue weighted by atomic mass is 9.60. The summed E-state index contributed by atoms with van der Waals surface area (Å²) >= 11 is 0. The van der Waals surface area contributed by atoms with Crippen LogP contribution in [0, 0.1) is 11.3 Å². The normalized spacial score (nSPS) is 24.5. The molecule has 0 aromatic heterocycles. The summed E-state index contributed by atoms with van der Waals surface area (Å²) in [5.41, 5.74) is 13.5. The van der Waals surface area contributed by atoms with Gasteiger partial charge in [0, 0.05) is 11.8 Å². The van der Waals surface area contributed by atoms with Gasteiger partial charge in [-0.25, -0.2) is 0 Å². The molecule has 2 aromatic carbocycles. The zero-order valence-corrected chi connectivity index (χ0v) is 25.1. The largest absolute Gasteiger partial charge is 0.0771 e. The number of hydrogen-bond acceptors (Lipinski definition) is 0. The van der Waals surface area contributed by atoms with Gasteiger partial charge in [-0.3, -0.25) is 0 Å². The number of allylic oxidation sites excluding steroid dienone is 4. The molecule has 0 fully saturated rings. The highest BCUT2D eigenvalue weighted by Gasteiger charge is 2.47. The first-order valence-corrected chi connectivity index (χ1v) is 14.8. The third-order valence-electron chi connectivity index (χ3n) is 11.3. The maximum Gasteiger partial charge on any atom is 0.0162 e. The third-order valence-corrected chi connectivity index (χ3v) is 11.3. The zero-order valence-electron chi connectivity index (χ0n) is 25.1. The van der Waals surface area contributed by atoms with Crippen molar-refractivity contribution in [3.05, 3.63) is 82.0 Å². The molecule has 0 N–H and O–H groups in total. The van der Waals surface area contributed by atoms with E-state index in [0.29, 0.717) is 11.8 Å². The standard InChI is InChI=1S/C37H48/c1-33(2)15-17-35(5,6)30-21-26-24(19-28(30)33)25-20-29-31(36(7,8)18-16-34(29,3)4)22-27(25)32(26)37(9,10)23-13-11-12-14-23/h11-14,19-23,32H,15-18H2,1-10H3. The Hall–Kier alpha value is -2.08. The van der Waals surface area contributed by atoms with Crippen LogP contribution in [-0.4, -0.2) is 0 Å². The van der Waals surface area contributed by atoms with Gasteiger partial charge < -0.3 is 0 Å². The first-order chi connectivity index (χ1) is 17.1. The van der Waals surface area contributed by atoms with Crippen LogP contribution in [0.5, 0.6) is 0 Å². The summed E-state index contributed by atoms with van der Waals surface area (Å²) in [6.45, 7) is 24.8. The lowest BCUT2D eigenvalue weighted by molar-refractivity contribution is 0.266. The topological polar surface area (TPSA) is 0 Å². The second-order valence-corrected chi connectivity index (χ2v) is 16.1. The summed E-state index contributed by atoms with van der Waals surface area (Å²) in [6, 6.07) is 10.6. The molecule has 0 saturated carbocycles. The van der Waals surface area contributed by atoms with Crippen molar-refractivity contribution in [2.75, 3.05) is 0 Å². The van der Waals surface area contributed by atoms with Crippen molar-refractivity contribution in [2.45, 2.75) is 122 Å². The second-order valence-electron chi connectivity index (χ2n) is 16.1. The van der Waals surface area contributed by atoms with Crippen LogP contribution in [0.2, 0.25) is 0 Å². The van der Waals surface area contributed by atoms with E-state index in [1.54, 1.807) is 33.4 Å². The van der Waals surface area contributed by atoms with Crippen LogP contribution in [0.3, 0.4) is 0 Å². The minimum absolute atomic E-state index is 0.0919. The van der Waals surface area contributed by atoms with Crippen LogP contribution in [0.15, 0.2) is 48.6 Å². The predicted octanol–water partition coefficient (Wildman–Crippen LogP) is 10.3. The molecule has 0 unspecified atom stereocenters. The molecule has 0 heteroatoms. The quantitative estimate of drug-likeness (QED) is 0.391. The fraction of sp³-hybridized carbons (Fsp3) is 0.568. The van der Waals surface area contributed by atoms with E-state index in [0.717, 1.165) is 0 Å². The fourth-order valence-electron chi connectivity index (χ4n) is 8.29. The molecule has 0 amide bonds. The average Bonchev–Trinajstić information content (AvgIpc) is 3.46. The van der Waals surface area contributed by atoms with E-state index in [9.17, 15) is 0 Å². The van der Waals surface area contributed by atoms with E-state index in [2.05, 4.69) is 118 Å².